The molecule has 1 heterocycles. The van der Waals surface area contributed by atoms with Crippen molar-refractivity contribution in [2.45, 2.75) is 13.0 Å². The molecular formula is C10H12N4. The van der Waals surface area contributed by atoms with Gasteiger partial charge in [-0.1, -0.05) is 17.3 Å². The van der Waals surface area contributed by atoms with Crippen LogP contribution in [0.15, 0.2) is 36.7 Å². The fourth-order valence-electron chi connectivity index (χ4n) is 1.28. The zero-order valence-corrected chi connectivity index (χ0v) is 7.96. The number of aromatic nitrogens is 3. The number of hydrogen-bond donors (Lipinski definition) is 1. The Morgan fingerprint density at radius 3 is 2.50 bits per heavy atom. The predicted octanol–water partition coefficient (Wildman–Crippen LogP) is 1.29. The normalized spacial score (nSPS) is 12.7. The van der Waals surface area contributed by atoms with Gasteiger partial charge in [-0.25, -0.2) is 4.68 Å². The van der Waals surface area contributed by atoms with Gasteiger partial charge < -0.3 is 5.73 Å². The van der Waals surface area contributed by atoms with E-state index in [4.69, 9.17) is 5.73 Å². The first-order valence-corrected chi connectivity index (χ1v) is 4.49. The summed E-state index contributed by atoms with van der Waals surface area (Å²) in [5, 5.41) is 7.64. The van der Waals surface area contributed by atoms with Gasteiger partial charge in [-0.2, -0.15) is 0 Å². The van der Waals surface area contributed by atoms with Crippen LogP contribution < -0.4 is 5.73 Å². The average molecular weight is 188 g/mol. The highest BCUT2D eigenvalue weighted by atomic mass is 15.4. The molecule has 0 aliphatic rings. The molecule has 0 saturated carbocycles. The van der Waals surface area contributed by atoms with Crippen molar-refractivity contribution in [3.05, 3.63) is 42.2 Å². The molecule has 14 heavy (non-hydrogen) atoms. The zero-order valence-electron chi connectivity index (χ0n) is 7.96. The van der Waals surface area contributed by atoms with Gasteiger partial charge in [0.15, 0.2) is 0 Å². The van der Waals surface area contributed by atoms with E-state index in [0.717, 1.165) is 11.3 Å². The molecule has 0 aliphatic heterocycles. The monoisotopic (exact) mass is 188 g/mol. The second-order valence-corrected chi connectivity index (χ2v) is 3.23. The summed E-state index contributed by atoms with van der Waals surface area (Å²) in [5.41, 5.74) is 7.86. The molecule has 0 saturated heterocycles. The second-order valence-electron chi connectivity index (χ2n) is 3.23. The first kappa shape index (κ1) is 8.90. The Bertz CT molecular complexity index is 389. The first-order chi connectivity index (χ1) is 6.77. The minimum absolute atomic E-state index is 0.0693. The molecule has 0 unspecified atom stereocenters. The van der Waals surface area contributed by atoms with Crippen LogP contribution in [0.5, 0.6) is 0 Å². The van der Waals surface area contributed by atoms with Gasteiger partial charge in [-0.15, -0.1) is 5.10 Å². The van der Waals surface area contributed by atoms with Gasteiger partial charge in [-0.05, 0) is 24.6 Å². The topological polar surface area (TPSA) is 56.7 Å². The molecule has 0 bridgehead atoms. The number of nitrogens with zero attached hydrogens (tertiary/aromatic N) is 3. The molecule has 2 N–H and O–H groups in total. The van der Waals surface area contributed by atoms with Gasteiger partial charge >= 0.3 is 0 Å². The van der Waals surface area contributed by atoms with E-state index in [1.54, 1.807) is 17.1 Å². The maximum Gasteiger partial charge on any atom is 0.0697 e. The van der Waals surface area contributed by atoms with E-state index in [1.807, 2.05) is 31.2 Å². The van der Waals surface area contributed by atoms with E-state index in [1.165, 1.54) is 0 Å². The molecule has 0 aliphatic carbocycles. The largest absolute Gasteiger partial charge is 0.324 e. The molecule has 1 aromatic heterocycles. The summed E-state index contributed by atoms with van der Waals surface area (Å²) in [6.07, 6.45) is 3.46. The smallest absolute Gasteiger partial charge is 0.0697 e. The Hall–Kier alpha value is -1.68. The van der Waals surface area contributed by atoms with Crippen LogP contribution in [0, 0.1) is 0 Å². The van der Waals surface area contributed by atoms with Crippen molar-refractivity contribution >= 4 is 0 Å². The highest BCUT2D eigenvalue weighted by molar-refractivity contribution is 5.34. The highest BCUT2D eigenvalue weighted by Gasteiger charge is 2.00. The lowest BCUT2D eigenvalue weighted by atomic mass is 10.1. The standard InChI is InChI=1S/C10H12N4/c1-8(11)9-2-4-10(5-3-9)14-7-6-12-13-14/h2-8H,11H2,1H3/t8-/m0/s1. The number of nitrogens with two attached hydrogens (primary N) is 1. The minimum Gasteiger partial charge on any atom is -0.324 e. The number of benzene rings is 1. The lowest BCUT2D eigenvalue weighted by Gasteiger charge is -2.06. The lowest BCUT2D eigenvalue weighted by molar-refractivity contribution is 0.794. The number of hydrogen-bond acceptors (Lipinski definition) is 3. The Balaban J connectivity index is 2.31. The second kappa shape index (κ2) is 3.59. The molecular weight excluding hydrogens is 176 g/mol. The molecule has 0 spiro atoms. The SMILES string of the molecule is C[C@H](N)c1ccc(-n2ccnn2)cc1. The van der Waals surface area contributed by atoms with Gasteiger partial charge in [0, 0.05) is 6.04 Å². The quantitative estimate of drug-likeness (QED) is 0.772. The fraction of sp³-hybridized carbons (Fsp3) is 0.200. The van der Waals surface area contributed by atoms with Crippen LogP contribution in [0.4, 0.5) is 0 Å². The van der Waals surface area contributed by atoms with E-state index in [-0.39, 0.29) is 6.04 Å². The summed E-state index contributed by atoms with van der Waals surface area (Å²) in [6.45, 7) is 1.96. The summed E-state index contributed by atoms with van der Waals surface area (Å²) in [4.78, 5) is 0. The lowest BCUT2D eigenvalue weighted by Crippen LogP contribution is -2.05. The summed E-state index contributed by atoms with van der Waals surface area (Å²) >= 11 is 0. The van der Waals surface area contributed by atoms with Crippen LogP contribution in [0.3, 0.4) is 0 Å². The Labute approximate surface area is 82.4 Å². The molecule has 1 aromatic carbocycles. The molecule has 4 nitrogen and oxygen atoms in total. The van der Waals surface area contributed by atoms with Crippen LogP contribution in [0.2, 0.25) is 0 Å². The van der Waals surface area contributed by atoms with Crippen molar-refractivity contribution in [1.29, 1.82) is 0 Å². The zero-order chi connectivity index (χ0) is 9.97. The van der Waals surface area contributed by atoms with E-state index >= 15 is 0 Å². The van der Waals surface area contributed by atoms with Crippen molar-refractivity contribution in [3.63, 3.8) is 0 Å². The molecule has 1 atom stereocenters. The van der Waals surface area contributed by atoms with Crippen LogP contribution in [0.25, 0.3) is 5.69 Å². The molecule has 2 rings (SSSR count). The van der Waals surface area contributed by atoms with Crippen molar-refractivity contribution in [2.24, 2.45) is 5.73 Å². The van der Waals surface area contributed by atoms with Gasteiger partial charge in [-0.3, -0.25) is 0 Å². The third-order valence-corrected chi connectivity index (χ3v) is 2.11. The van der Waals surface area contributed by atoms with Gasteiger partial charge in [0.05, 0.1) is 18.1 Å². The average Bonchev–Trinajstić information content (AvgIpc) is 2.71. The van der Waals surface area contributed by atoms with Crippen molar-refractivity contribution < 1.29 is 0 Å². The molecule has 0 radical (unpaired) electrons. The number of rotatable bonds is 2. The van der Waals surface area contributed by atoms with Gasteiger partial charge in [0.2, 0.25) is 0 Å². The highest BCUT2D eigenvalue weighted by Crippen LogP contribution is 2.12. The maximum atomic E-state index is 5.75. The van der Waals surface area contributed by atoms with Gasteiger partial charge in [0.1, 0.15) is 0 Å². The van der Waals surface area contributed by atoms with Crippen LogP contribution in [-0.2, 0) is 0 Å². The van der Waals surface area contributed by atoms with Crippen molar-refractivity contribution in [1.82, 2.24) is 15.0 Å². The Kier molecular flexibility index (Phi) is 2.28. The van der Waals surface area contributed by atoms with E-state index in [2.05, 4.69) is 10.3 Å². The van der Waals surface area contributed by atoms with E-state index < -0.39 is 0 Å². The van der Waals surface area contributed by atoms with E-state index in [9.17, 15) is 0 Å². The molecule has 72 valence electrons. The fourth-order valence-corrected chi connectivity index (χ4v) is 1.28. The first-order valence-electron chi connectivity index (χ1n) is 4.49. The summed E-state index contributed by atoms with van der Waals surface area (Å²) in [7, 11) is 0. The molecule has 0 amide bonds. The summed E-state index contributed by atoms with van der Waals surface area (Å²) in [6, 6.07) is 8.03. The van der Waals surface area contributed by atoms with E-state index in [0.29, 0.717) is 0 Å². The van der Waals surface area contributed by atoms with Gasteiger partial charge in [0.25, 0.3) is 0 Å². The Morgan fingerprint density at radius 1 is 1.29 bits per heavy atom. The molecule has 0 fully saturated rings. The summed E-state index contributed by atoms with van der Waals surface area (Å²) < 4.78 is 1.71. The predicted molar refractivity (Wildman–Crippen MR) is 54.0 cm³/mol. The molecule has 4 heteroatoms. The third kappa shape index (κ3) is 1.65. The molecule has 2 aromatic rings. The van der Waals surface area contributed by atoms with Crippen LogP contribution >= 0.6 is 0 Å². The van der Waals surface area contributed by atoms with Crippen molar-refractivity contribution in [3.8, 4) is 5.69 Å². The van der Waals surface area contributed by atoms with Crippen LogP contribution in [0.1, 0.15) is 18.5 Å². The van der Waals surface area contributed by atoms with Crippen molar-refractivity contribution in [2.75, 3.05) is 0 Å². The maximum absolute atomic E-state index is 5.75. The minimum atomic E-state index is 0.0693. The summed E-state index contributed by atoms with van der Waals surface area (Å²) in [5.74, 6) is 0. The third-order valence-electron chi connectivity index (χ3n) is 2.11. The Morgan fingerprint density at radius 2 is 2.00 bits per heavy atom. The van der Waals surface area contributed by atoms with Crippen LogP contribution in [-0.4, -0.2) is 15.0 Å².